The zero-order valence-corrected chi connectivity index (χ0v) is 9.26. The maximum atomic E-state index is 11.6. The molecule has 1 amide bonds. The quantitative estimate of drug-likeness (QED) is 0.836. The molecule has 1 aromatic rings. The molecule has 2 nitrogen and oxygen atoms in total. The van der Waals surface area contributed by atoms with Crippen LogP contribution in [0.5, 0.6) is 0 Å². The molecule has 3 heteroatoms. The van der Waals surface area contributed by atoms with Gasteiger partial charge in [0.05, 0.1) is 0 Å². The van der Waals surface area contributed by atoms with Gasteiger partial charge in [-0.3, -0.25) is 4.79 Å². The molecule has 1 aliphatic carbocycles. The number of amides is 1. The van der Waals surface area contributed by atoms with Gasteiger partial charge in [-0.25, -0.2) is 0 Å². The zero-order chi connectivity index (χ0) is 10.7. The van der Waals surface area contributed by atoms with Crippen molar-refractivity contribution >= 4 is 17.5 Å². The standard InChI is InChI=1S/C12H14ClNO/c13-11-5-3-10(4-6-11)12(15)14-8-7-9-1-2-9/h3-6,9H,1-2,7-8H2,(H,14,15). The van der Waals surface area contributed by atoms with Crippen LogP contribution in [0.15, 0.2) is 24.3 Å². The fourth-order valence-electron chi connectivity index (χ4n) is 1.50. The molecular formula is C12H14ClNO. The van der Waals surface area contributed by atoms with Gasteiger partial charge in [-0.2, -0.15) is 0 Å². The maximum absolute atomic E-state index is 11.6. The molecule has 0 aromatic heterocycles. The van der Waals surface area contributed by atoms with Crippen LogP contribution in [-0.4, -0.2) is 12.5 Å². The topological polar surface area (TPSA) is 29.1 Å². The van der Waals surface area contributed by atoms with Crippen molar-refractivity contribution < 1.29 is 4.79 Å². The van der Waals surface area contributed by atoms with E-state index in [1.807, 2.05) is 0 Å². The molecule has 1 fully saturated rings. The Kier molecular flexibility index (Phi) is 3.27. The predicted octanol–water partition coefficient (Wildman–Crippen LogP) is 2.87. The molecular weight excluding hydrogens is 210 g/mol. The smallest absolute Gasteiger partial charge is 0.251 e. The summed E-state index contributed by atoms with van der Waals surface area (Å²) in [4.78, 5) is 11.6. The molecule has 0 aliphatic heterocycles. The lowest BCUT2D eigenvalue weighted by Gasteiger charge is -2.04. The number of nitrogens with one attached hydrogen (secondary N) is 1. The fraction of sp³-hybridized carbons (Fsp3) is 0.417. The van der Waals surface area contributed by atoms with Crippen LogP contribution in [0.4, 0.5) is 0 Å². The lowest BCUT2D eigenvalue weighted by Crippen LogP contribution is -2.24. The molecule has 0 spiro atoms. The molecule has 0 saturated heterocycles. The minimum Gasteiger partial charge on any atom is -0.352 e. The Morgan fingerprint density at radius 2 is 2.00 bits per heavy atom. The monoisotopic (exact) mass is 223 g/mol. The number of hydrogen-bond donors (Lipinski definition) is 1. The van der Waals surface area contributed by atoms with Crippen molar-refractivity contribution in [2.24, 2.45) is 5.92 Å². The van der Waals surface area contributed by atoms with E-state index in [0.29, 0.717) is 10.6 Å². The Morgan fingerprint density at radius 3 is 2.60 bits per heavy atom. The van der Waals surface area contributed by atoms with Crippen LogP contribution < -0.4 is 5.32 Å². The van der Waals surface area contributed by atoms with Gasteiger partial charge < -0.3 is 5.32 Å². The van der Waals surface area contributed by atoms with Crippen LogP contribution in [0.3, 0.4) is 0 Å². The fourth-order valence-corrected chi connectivity index (χ4v) is 1.63. The number of carbonyl (C=O) groups is 1. The second kappa shape index (κ2) is 4.67. The average molecular weight is 224 g/mol. The van der Waals surface area contributed by atoms with E-state index in [1.165, 1.54) is 12.8 Å². The summed E-state index contributed by atoms with van der Waals surface area (Å²) in [7, 11) is 0. The number of hydrogen-bond acceptors (Lipinski definition) is 1. The Hall–Kier alpha value is -1.02. The first-order chi connectivity index (χ1) is 7.25. The summed E-state index contributed by atoms with van der Waals surface area (Å²) >= 11 is 5.74. The maximum Gasteiger partial charge on any atom is 0.251 e. The van der Waals surface area contributed by atoms with E-state index >= 15 is 0 Å². The molecule has 0 atom stereocenters. The molecule has 1 aliphatic rings. The van der Waals surface area contributed by atoms with Gasteiger partial charge in [0.1, 0.15) is 0 Å². The molecule has 0 radical (unpaired) electrons. The molecule has 0 bridgehead atoms. The summed E-state index contributed by atoms with van der Waals surface area (Å²) in [5.74, 6) is 0.850. The molecule has 1 N–H and O–H groups in total. The molecule has 80 valence electrons. The minimum atomic E-state index is -0.00711. The third-order valence-corrected chi connectivity index (χ3v) is 2.89. The van der Waals surface area contributed by atoms with Crippen LogP contribution >= 0.6 is 11.6 Å². The van der Waals surface area contributed by atoms with E-state index in [-0.39, 0.29) is 5.91 Å². The average Bonchev–Trinajstić information content (AvgIpc) is 3.02. The SMILES string of the molecule is O=C(NCCC1CC1)c1ccc(Cl)cc1. The highest BCUT2D eigenvalue weighted by Crippen LogP contribution is 2.31. The normalized spacial score (nSPS) is 15.0. The third-order valence-electron chi connectivity index (χ3n) is 2.64. The van der Waals surface area contributed by atoms with E-state index in [9.17, 15) is 4.79 Å². The van der Waals surface area contributed by atoms with E-state index < -0.39 is 0 Å². The molecule has 0 unspecified atom stereocenters. The summed E-state index contributed by atoms with van der Waals surface area (Å²) in [5, 5.41) is 3.56. The van der Waals surface area contributed by atoms with Crippen molar-refractivity contribution in [1.82, 2.24) is 5.32 Å². The van der Waals surface area contributed by atoms with Gasteiger partial charge in [-0.05, 0) is 36.6 Å². The number of rotatable bonds is 4. The highest BCUT2D eigenvalue weighted by Gasteiger charge is 2.20. The lowest BCUT2D eigenvalue weighted by atomic mass is 10.2. The summed E-state index contributed by atoms with van der Waals surface area (Å²) in [6, 6.07) is 6.96. The highest BCUT2D eigenvalue weighted by molar-refractivity contribution is 6.30. The van der Waals surface area contributed by atoms with Gasteiger partial charge in [-0.15, -0.1) is 0 Å². The van der Waals surface area contributed by atoms with Gasteiger partial charge in [0.15, 0.2) is 0 Å². The Bertz CT molecular complexity index is 343. The summed E-state index contributed by atoms with van der Waals surface area (Å²) in [5.41, 5.74) is 0.676. The summed E-state index contributed by atoms with van der Waals surface area (Å²) in [6.45, 7) is 0.784. The van der Waals surface area contributed by atoms with Crippen LogP contribution in [0, 0.1) is 5.92 Å². The van der Waals surface area contributed by atoms with E-state index in [4.69, 9.17) is 11.6 Å². The summed E-state index contributed by atoms with van der Waals surface area (Å²) < 4.78 is 0. The van der Waals surface area contributed by atoms with Crippen molar-refractivity contribution in [3.63, 3.8) is 0 Å². The number of carbonyl (C=O) groups excluding carboxylic acids is 1. The first kappa shape index (κ1) is 10.5. The van der Waals surface area contributed by atoms with Crippen molar-refractivity contribution in [1.29, 1.82) is 0 Å². The van der Waals surface area contributed by atoms with Crippen molar-refractivity contribution in [2.45, 2.75) is 19.3 Å². The van der Waals surface area contributed by atoms with E-state index in [0.717, 1.165) is 18.9 Å². The molecule has 1 saturated carbocycles. The third kappa shape index (κ3) is 3.24. The molecule has 0 heterocycles. The first-order valence-corrected chi connectivity index (χ1v) is 5.67. The minimum absolute atomic E-state index is 0.00711. The Balaban J connectivity index is 1.81. The van der Waals surface area contributed by atoms with Gasteiger partial charge in [-0.1, -0.05) is 24.4 Å². The van der Waals surface area contributed by atoms with Crippen molar-refractivity contribution in [3.05, 3.63) is 34.9 Å². The Labute approximate surface area is 94.6 Å². The van der Waals surface area contributed by atoms with Crippen LogP contribution in [0.1, 0.15) is 29.6 Å². The van der Waals surface area contributed by atoms with Crippen LogP contribution in [-0.2, 0) is 0 Å². The lowest BCUT2D eigenvalue weighted by molar-refractivity contribution is 0.0952. The zero-order valence-electron chi connectivity index (χ0n) is 8.50. The van der Waals surface area contributed by atoms with Crippen LogP contribution in [0.25, 0.3) is 0 Å². The molecule has 2 rings (SSSR count). The second-order valence-corrected chi connectivity index (χ2v) is 4.43. The molecule has 15 heavy (non-hydrogen) atoms. The van der Waals surface area contributed by atoms with Crippen molar-refractivity contribution in [3.8, 4) is 0 Å². The highest BCUT2D eigenvalue weighted by atomic mass is 35.5. The summed E-state index contributed by atoms with van der Waals surface area (Å²) in [6.07, 6.45) is 3.77. The number of benzene rings is 1. The van der Waals surface area contributed by atoms with Gasteiger partial charge in [0.2, 0.25) is 0 Å². The van der Waals surface area contributed by atoms with Gasteiger partial charge in [0, 0.05) is 17.1 Å². The Morgan fingerprint density at radius 1 is 1.33 bits per heavy atom. The largest absolute Gasteiger partial charge is 0.352 e. The van der Waals surface area contributed by atoms with Gasteiger partial charge >= 0.3 is 0 Å². The second-order valence-electron chi connectivity index (χ2n) is 3.99. The first-order valence-electron chi connectivity index (χ1n) is 5.29. The predicted molar refractivity (Wildman–Crippen MR) is 61.1 cm³/mol. The van der Waals surface area contributed by atoms with Crippen LogP contribution in [0.2, 0.25) is 5.02 Å². The number of halogens is 1. The molecule has 1 aromatic carbocycles. The van der Waals surface area contributed by atoms with E-state index in [1.54, 1.807) is 24.3 Å². The van der Waals surface area contributed by atoms with E-state index in [2.05, 4.69) is 5.32 Å². The van der Waals surface area contributed by atoms with Gasteiger partial charge in [0.25, 0.3) is 5.91 Å². The van der Waals surface area contributed by atoms with Crippen molar-refractivity contribution in [2.75, 3.05) is 6.54 Å².